The van der Waals surface area contributed by atoms with Crippen LogP contribution in [0.4, 0.5) is 0 Å². The molecule has 0 atom stereocenters. The minimum atomic E-state index is 0.347. The van der Waals surface area contributed by atoms with Crippen LogP contribution < -0.4 is 0 Å². The third kappa shape index (κ3) is 2.84. The zero-order valence-electron chi connectivity index (χ0n) is 15.0. The Kier molecular flexibility index (Phi) is 4.99. The summed E-state index contributed by atoms with van der Waals surface area (Å²) in [5.74, 6) is 0.347. The fourth-order valence-corrected chi connectivity index (χ4v) is 3.92. The summed E-state index contributed by atoms with van der Waals surface area (Å²) in [6.07, 6.45) is 9.50. The van der Waals surface area contributed by atoms with Gasteiger partial charge in [-0.2, -0.15) is 10.4 Å². The van der Waals surface area contributed by atoms with Gasteiger partial charge in [0.05, 0.1) is 17.0 Å². The van der Waals surface area contributed by atoms with Gasteiger partial charge in [0.15, 0.2) is 0 Å². The fraction of sp³-hybridized carbons (Fsp3) is 0.550. The zero-order chi connectivity index (χ0) is 17.1. The smallest absolute Gasteiger partial charge is 0.102 e. The summed E-state index contributed by atoms with van der Waals surface area (Å²) in [6, 6.07) is 4.52. The average Bonchev–Trinajstić information content (AvgIpc) is 2.87. The lowest BCUT2D eigenvalue weighted by atomic mass is 9.87. The summed E-state index contributed by atoms with van der Waals surface area (Å²) in [6.45, 7) is 4.37. The SMILES string of the molecule is CCC(CC)c1nc2c(c(-c3ccnn3C)c1C#N)CCCCC2. The van der Waals surface area contributed by atoms with Crippen LogP contribution in [0.15, 0.2) is 12.3 Å². The first kappa shape index (κ1) is 16.7. The third-order valence-corrected chi connectivity index (χ3v) is 5.31. The number of pyridine rings is 1. The van der Waals surface area contributed by atoms with Crippen molar-refractivity contribution in [2.75, 3.05) is 0 Å². The lowest BCUT2D eigenvalue weighted by molar-refractivity contribution is 0.616. The topological polar surface area (TPSA) is 54.5 Å². The molecule has 2 aromatic heterocycles. The maximum Gasteiger partial charge on any atom is 0.102 e. The van der Waals surface area contributed by atoms with E-state index in [4.69, 9.17) is 4.98 Å². The van der Waals surface area contributed by atoms with E-state index in [0.29, 0.717) is 5.92 Å². The number of aryl methyl sites for hydroxylation is 2. The molecule has 0 N–H and O–H groups in total. The van der Waals surface area contributed by atoms with Crippen molar-refractivity contribution in [1.82, 2.24) is 14.8 Å². The molecular weight excluding hydrogens is 296 g/mol. The van der Waals surface area contributed by atoms with Crippen LogP contribution in [0.3, 0.4) is 0 Å². The van der Waals surface area contributed by atoms with Gasteiger partial charge in [-0.15, -0.1) is 0 Å². The van der Waals surface area contributed by atoms with Crippen LogP contribution in [-0.2, 0) is 19.9 Å². The summed E-state index contributed by atoms with van der Waals surface area (Å²) < 4.78 is 1.89. The van der Waals surface area contributed by atoms with Gasteiger partial charge in [0.1, 0.15) is 6.07 Å². The van der Waals surface area contributed by atoms with Crippen LogP contribution in [0.25, 0.3) is 11.3 Å². The van der Waals surface area contributed by atoms with E-state index < -0.39 is 0 Å². The highest BCUT2D eigenvalue weighted by atomic mass is 15.3. The van der Waals surface area contributed by atoms with Crippen molar-refractivity contribution in [1.29, 1.82) is 5.26 Å². The molecule has 0 saturated heterocycles. The second-order valence-corrected chi connectivity index (χ2v) is 6.70. The molecular formula is C20H26N4. The molecule has 0 aliphatic heterocycles. The predicted octanol–water partition coefficient (Wildman–Crippen LogP) is 4.53. The van der Waals surface area contributed by atoms with Crippen LogP contribution >= 0.6 is 0 Å². The number of hydrogen-bond donors (Lipinski definition) is 0. The maximum atomic E-state index is 9.98. The second kappa shape index (κ2) is 7.17. The van der Waals surface area contributed by atoms with E-state index in [-0.39, 0.29) is 0 Å². The molecule has 0 radical (unpaired) electrons. The molecule has 126 valence electrons. The Morgan fingerprint density at radius 3 is 2.58 bits per heavy atom. The summed E-state index contributed by atoms with van der Waals surface area (Å²) in [5, 5.41) is 14.3. The molecule has 1 aliphatic carbocycles. The van der Waals surface area contributed by atoms with Crippen molar-refractivity contribution >= 4 is 0 Å². The third-order valence-electron chi connectivity index (χ3n) is 5.31. The molecule has 1 aliphatic rings. The number of hydrogen-bond acceptors (Lipinski definition) is 3. The van der Waals surface area contributed by atoms with Crippen molar-refractivity contribution in [3.8, 4) is 17.3 Å². The fourth-order valence-electron chi connectivity index (χ4n) is 3.92. The molecule has 0 saturated carbocycles. The van der Waals surface area contributed by atoms with E-state index in [1.165, 1.54) is 30.5 Å². The largest absolute Gasteiger partial charge is 0.268 e. The van der Waals surface area contributed by atoms with Gasteiger partial charge in [-0.25, -0.2) is 0 Å². The van der Waals surface area contributed by atoms with E-state index in [9.17, 15) is 5.26 Å². The Morgan fingerprint density at radius 2 is 1.96 bits per heavy atom. The summed E-state index contributed by atoms with van der Waals surface area (Å²) in [5.41, 5.74) is 6.39. The Bertz CT molecular complexity index is 763. The van der Waals surface area contributed by atoms with Crippen LogP contribution in [0, 0.1) is 11.3 Å². The van der Waals surface area contributed by atoms with Gasteiger partial charge in [-0.05, 0) is 50.2 Å². The lowest BCUT2D eigenvalue weighted by Gasteiger charge is -2.21. The molecule has 0 bridgehead atoms. The van der Waals surface area contributed by atoms with E-state index in [0.717, 1.165) is 48.2 Å². The van der Waals surface area contributed by atoms with Gasteiger partial charge in [-0.1, -0.05) is 20.3 Å². The van der Waals surface area contributed by atoms with Gasteiger partial charge in [0, 0.05) is 30.4 Å². The lowest BCUT2D eigenvalue weighted by Crippen LogP contribution is -2.12. The van der Waals surface area contributed by atoms with Gasteiger partial charge in [0.25, 0.3) is 0 Å². The van der Waals surface area contributed by atoms with E-state index in [1.54, 1.807) is 0 Å². The van der Waals surface area contributed by atoms with Crippen molar-refractivity contribution in [2.24, 2.45) is 7.05 Å². The van der Waals surface area contributed by atoms with Crippen LogP contribution in [0.1, 0.15) is 74.4 Å². The molecule has 4 heteroatoms. The van der Waals surface area contributed by atoms with Gasteiger partial charge >= 0.3 is 0 Å². The minimum Gasteiger partial charge on any atom is -0.268 e. The molecule has 0 spiro atoms. The van der Waals surface area contributed by atoms with Crippen molar-refractivity contribution in [3.63, 3.8) is 0 Å². The number of nitrogens with zero attached hydrogens (tertiary/aromatic N) is 4. The Balaban J connectivity index is 2.33. The molecule has 2 heterocycles. The Labute approximate surface area is 144 Å². The number of fused-ring (bicyclic) bond motifs is 1. The van der Waals surface area contributed by atoms with Gasteiger partial charge < -0.3 is 0 Å². The molecule has 0 amide bonds. The van der Waals surface area contributed by atoms with Crippen LogP contribution in [-0.4, -0.2) is 14.8 Å². The molecule has 0 fully saturated rings. The quantitative estimate of drug-likeness (QED) is 0.777. The molecule has 24 heavy (non-hydrogen) atoms. The zero-order valence-corrected chi connectivity index (χ0v) is 15.0. The standard InChI is InChI=1S/C20H26N4/c1-4-14(5-2)20-16(13-21)19(18-11-12-22-24(18)3)15-9-7-6-8-10-17(15)23-20/h11-12,14H,4-10H2,1-3H3. The number of rotatable bonds is 4. The summed E-state index contributed by atoms with van der Waals surface area (Å²) in [4.78, 5) is 5.03. The minimum absolute atomic E-state index is 0.347. The average molecular weight is 322 g/mol. The highest BCUT2D eigenvalue weighted by molar-refractivity contribution is 5.73. The van der Waals surface area contributed by atoms with E-state index >= 15 is 0 Å². The first-order valence-corrected chi connectivity index (χ1v) is 9.15. The normalized spacial score (nSPS) is 14.3. The summed E-state index contributed by atoms with van der Waals surface area (Å²) in [7, 11) is 1.96. The van der Waals surface area contributed by atoms with Crippen LogP contribution in [0.5, 0.6) is 0 Å². The van der Waals surface area contributed by atoms with Crippen molar-refractivity contribution in [2.45, 2.75) is 64.7 Å². The number of nitriles is 1. The molecule has 0 aromatic carbocycles. The Hall–Kier alpha value is -2.15. The number of aromatic nitrogens is 3. The van der Waals surface area contributed by atoms with E-state index in [2.05, 4.69) is 25.0 Å². The van der Waals surface area contributed by atoms with Gasteiger partial charge in [-0.3, -0.25) is 9.67 Å². The van der Waals surface area contributed by atoms with Crippen LogP contribution in [0.2, 0.25) is 0 Å². The molecule has 3 rings (SSSR count). The van der Waals surface area contributed by atoms with Crippen molar-refractivity contribution in [3.05, 3.63) is 34.8 Å². The molecule has 0 unspecified atom stereocenters. The maximum absolute atomic E-state index is 9.98. The molecule has 2 aromatic rings. The first-order chi connectivity index (χ1) is 11.7. The first-order valence-electron chi connectivity index (χ1n) is 9.15. The Morgan fingerprint density at radius 1 is 1.21 bits per heavy atom. The second-order valence-electron chi connectivity index (χ2n) is 6.70. The van der Waals surface area contributed by atoms with E-state index in [1.807, 2.05) is 24.0 Å². The highest BCUT2D eigenvalue weighted by Crippen LogP contribution is 2.37. The van der Waals surface area contributed by atoms with Crippen molar-refractivity contribution < 1.29 is 0 Å². The van der Waals surface area contributed by atoms with Gasteiger partial charge in [0.2, 0.25) is 0 Å². The summed E-state index contributed by atoms with van der Waals surface area (Å²) >= 11 is 0. The molecule has 4 nitrogen and oxygen atoms in total. The highest BCUT2D eigenvalue weighted by Gasteiger charge is 2.26. The monoisotopic (exact) mass is 322 g/mol. The predicted molar refractivity (Wildman–Crippen MR) is 95.7 cm³/mol.